The van der Waals surface area contributed by atoms with E-state index in [0.717, 1.165) is 17.0 Å². The first-order valence-electron chi connectivity index (χ1n) is 7.93. The second-order valence-electron chi connectivity index (χ2n) is 5.76. The van der Waals surface area contributed by atoms with Crippen LogP contribution in [0.3, 0.4) is 0 Å². The molecular formula is C18H30N4O. The van der Waals surface area contributed by atoms with Crippen LogP contribution in [0.5, 0.6) is 5.75 Å². The van der Waals surface area contributed by atoms with Crippen LogP contribution in [0.25, 0.3) is 0 Å². The van der Waals surface area contributed by atoms with Crippen molar-refractivity contribution in [1.82, 2.24) is 10.7 Å². The molecule has 0 aromatic heterocycles. The van der Waals surface area contributed by atoms with Crippen LogP contribution >= 0.6 is 0 Å². The van der Waals surface area contributed by atoms with E-state index in [9.17, 15) is 0 Å². The van der Waals surface area contributed by atoms with Gasteiger partial charge in [0.2, 0.25) is 0 Å². The van der Waals surface area contributed by atoms with Crippen molar-refractivity contribution >= 4 is 0 Å². The Morgan fingerprint density at radius 2 is 2.09 bits per heavy atom. The van der Waals surface area contributed by atoms with Crippen molar-refractivity contribution in [2.75, 3.05) is 13.7 Å². The third-order valence-electron chi connectivity index (χ3n) is 3.97. The molecule has 6 N–H and O–H groups in total. The van der Waals surface area contributed by atoms with Gasteiger partial charge in [0.1, 0.15) is 5.75 Å². The van der Waals surface area contributed by atoms with Gasteiger partial charge in [0, 0.05) is 24.3 Å². The molecule has 0 saturated carbocycles. The first-order chi connectivity index (χ1) is 11.0. The number of ether oxygens (including phenoxy) is 1. The van der Waals surface area contributed by atoms with E-state index in [4.69, 9.17) is 16.3 Å². The second kappa shape index (κ2) is 10.0. The molecule has 0 spiro atoms. The molecule has 0 aliphatic heterocycles. The van der Waals surface area contributed by atoms with Gasteiger partial charge >= 0.3 is 0 Å². The van der Waals surface area contributed by atoms with Crippen LogP contribution < -0.4 is 27.1 Å². The Balaban J connectivity index is 2.70. The van der Waals surface area contributed by atoms with Crippen LogP contribution in [-0.4, -0.2) is 19.7 Å². The zero-order chi connectivity index (χ0) is 17.2. The molecule has 1 rings (SSSR count). The van der Waals surface area contributed by atoms with Gasteiger partial charge < -0.3 is 21.2 Å². The molecule has 5 nitrogen and oxygen atoms in total. The van der Waals surface area contributed by atoms with Crippen LogP contribution in [0.1, 0.15) is 32.4 Å². The number of nitrogens with two attached hydrogens (primary N) is 2. The average Bonchev–Trinajstić information content (AvgIpc) is 2.58. The molecule has 0 heterocycles. The third-order valence-corrected chi connectivity index (χ3v) is 3.97. The Bertz CT molecular complexity index is 528. The lowest BCUT2D eigenvalue weighted by Gasteiger charge is -2.25. The number of allylic oxidation sites excluding steroid dienone is 3. The zero-order valence-corrected chi connectivity index (χ0v) is 14.5. The molecule has 3 atom stereocenters. The maximum Gasteiger partial charge on any atom is 0.119 e. The van der Waals surface area contributed by atoms with Gasteiger partial charge in [0.05, 0.1) is 7.11 Å². The Labute approximate surface area is 139 Å². The summed E-state index contributed by atoms with van der Waals surface area (Å²) in [6, 6.07) is 8.39. The number of rotatable bonds is 9. The summed E-state index contributed by atoms with van der Waals surface area (Å²) < 4.78 is 5.29. The van der Waals surface area contributed by atoms with E-state index < -0.39 is 0 Å². The van der Waals surface area contributed by atoms with Gasteiger partial charge in [-0.25, -0.2) is 0 Å². The topological polar surface area (TPSA) is 85.3 Å². The second-order valence-corrected chi connectivity index (χ2v) is 5.76. The molecule has 0 radical (unpaired) electrons. The van der Waals surface area contributed by atoms with E-state index in [1.807, 2.05) is 37.3 Å². The summed E-state index contributed by atoms with van der Waals surface area (Å²) in [5, 5.41) is 3.59. The first-order valence-corrected chi connectivity index (χ1v) is 7.93. The first kappa shape index (κ1) is 19.2. The highest BCUT2D eigenvalue weighted by atomic mass is 16.5. The van der Waals surface area contributed by atoms with Crippen LogP contribution in [0.15, 0.2) is 48.2 Å². The Hall–Kier alpha value is -1.82. The lowest BCUT2D eigenvalue weighted by molar-refractivity contribution is 0.396. The lowest BCUT2D eigenvalue weighted by Crippen LogP contribution is -2.38. The smallest absolute Gasteiger partial charge is 0.119 e. The van der Waals surface area contributed by atoms with Crippen LogP contribution in [-0.2, 0) is 0 Å². The van der Waals surface area contributed by atoms with Crippen molar-refractivity contribution in [3.05, 3.63) is 53.8 Å². The fourth-order valence-corrected chi connectivity index (χ4v) is 2.22. The standard InChI is InChI=1S/C18H30N4O/c1-13(7-5-8-14(2)22-20)15(3)21-18(12-19)16-9-6-10-17(11-16)23-4/h5-11,13,15,18,21-22H,12,19-20H2,1-4H3/b7-5-,14-8+/t13?,15-,18?/m1/s1. The minimum Gasteiger partial charge on any atom is -0.497 e. The highest BCUT2D eigenvalue weighted by molar-refractivity contribution is 5.30. The maximum absolute atomic E-state index is 5.95. The Kier molecular flexibility index (Phi) is 8.40. The van der Waals surface area contributed by atoms with Crippen molar-refractivity contribution in [3.8, 4) is 5.75 Å². The predicted octanol–water partition coefficient (Wildman–Crippen LogP) is 2.23. The fraction of sp³-hybridized carbons (Fsp3) is 0.444. The fourth-order valence-electron chi connectivity index (χ4n) is 2.22. The largest absolute Gasteiger partial charge is 0.497 e. The van der Waals surface area contributed by atoms with Gasteiger partial charge in [-0.05, 0) is 43.5 Å². The van der Waals surface area contributed by atoms with E-state index in [-0.39, 0.29) is 12.1 Å². The normalized spacial score (nSPS) is 16.2. The minimum atomic E-state index is 0.0962. The quantitative estimate of drug-likeness (QED) is 0.319. The average molecular weight is 318 g/mol. The van der Waals surface area contributed by atoms with E-state index in [0.29, 0.717) is 12.5 Å². The number of hydrogen-bond donors (Lipinski definition) is 4. The summed E-state index contributed by atoms with van der Waals surface area (Å²) >= 11 is 0. The molecule has 5 heteroatoms. The van der Waals surface area contributed by atoms with Crippen molar-refractivity contribution in [3.63, 3.8) is 0 Å². The predicted molar refractivity (Wildman–Crippen MR) is 96.8 cm³/mol. The molecule has 0 aliphatic rings. The molecule has 0 aliphatic carbocycles. The highest BCUT2D eigenvalue weighted by Gasteiger charge is 2.16. The van der Waals surface area contributed by atoms with Crippen molar-refractivity contribution in [2.45, 2.75) is 32.9 Å². The van der Waals surface area contributed by atoms with Crippen molar-refractivity contribution in [1.29, 1.82) is 0 Å². The van der Waals surface area contributed by atoms with Gasteiger partial charge in [-0.2, -0.15) is 0 Å². The molecule has 0 saturated heterocycles. The third kappa shape index (κ3) is 6.44. The molecule has 0 fully saturated rings. The summed E-state index contributed by atoms with van der Waals surface area (Å²) in [6.07, 6.45) is 6.12. The van der Waals surface area contributed by atoms with Gasteiger partial charge in [-0.3, -0.25) is 5.84 Å². The number of hydrazine groups is 1. The molecule has 23 heavy (non-hydrogen) atoms. The van der Waals surface area contributed by atoms with E-state index in [1.54, 1.807) is 7.11 Å². The molecule has 0 bridgehead atoms. The molecule has 0 amide bonds. The molecule has 2 unspecified atom stereocenters. The summed E-state index contributed by atoms with van der Waals surface area (Å²) in [4.78, 5) is 0. The molecular weight excluding hydrogens is 288 g/mol. The van der Waals surface area contributed by atoms with Gasteiger partial charge in [-0.1, -0.05) is 31.2 Å². The molecule has 1 aromatic rings. The monoisotopic (exact) mass is 318 g/mol. The maximum atomic E-state index is 5.95. The summed E-state index contributed by atoms with van der Waals surface area (Å²) in [6.45, 7) is 6.79. The van der Waals surface area contributed by atoms with Gasteiger partial charge in [0.25, 0.3) is 0 Å². The number of methoxy groups -OCH3 is 1. The Morgan fingerprint density at radius 3 is 2.70 bits per heavy atom. The molecule has 1 aromatic carbocycles. The van der Waals surface area contributed by atoms with Gasteiger partial charge in [-0.15, -0.1) is 0 Å². The number of hydrogen-bond acceptors (Lipinski definition) is 5. The van der Waals surface area contributed by atoms with E-state index in [2.05, 4.69) is 36.7 Å². The van der Waals surface area contributed by atoms with E-state index >= 15 is 0 Å². The minimum absolute atomic E-state index is 0.0962. The Morgan fingerprint density at radius 1 is 1.35 bits per heavy atom. The SMILES string of the molecule is COc1cccc(C(CN)N[C@H](C)C(C)/C=C\C=C(/C)NN)c1. The summed E-state index contributed by atoms with van der Waals surface area (Å²) in [5.41, 5.74) is 10.6. The summed E-state index contributed by atoms with van der Waals surface area (Å²) in [5.74, 6) is 6.54. The van der Waals surface area contributed by atoms with Crippen LogP contribution in [0, 0.1) is 5.92 Å². The number of benzene rings is 1. The lowest BCUT2D eigenvalue weighted by atomic mass is 9.99. The van der Waals surface area contributed by atoms with Gasteiger partial charge in [0.15, 0.2) is 0 Å². The van der Waals surface area contributed by atoms with E-state index in [1.165, 1.54) is 0 Å². The van der Waals surface area contributed by atoms with Crippen LogP contribution in [0.2, 0.25) is 0 Å². The summed E-state index contributed by atoms with van der Waals surface area (Å²) in [7, 11) is 1.67. The van der Waals surface area contributed by atoms with Crippen LogP contribution in [0.4, 0.5) is 0 Å². The van der Waals surface area contributed by atoms with Crippen molar-refractivity contribution < 1.29 is 4.74 Å². The zero-order valence-electron chi connectivity index (χ0n) is 14.5. The highest BCUT2D eigenvalue weighted by Crippen LogP contribution is 2.20. The van der Waals surface area contributed by atoms with Crippen molar-refractivity contribution in [2.24, 2.45) is 17.5 Å². The molecule has 128 valence electrons. The number of nitrogens with one attached hydrogen (secondary N) is 2.